The van der Waals surface area contributed by atoms with Crippen LogP contribution >= 0.6 is 0 Å². The zero-order valence-corrected chi connectivity index (χ0v) is 9.34. The van der Waals surface area contributed by atoms with Crippen LogP contribution in [-0.4, -0.2) is 9.78 Å². The van der Waals surface area contributed by atoms with E-state index in [-0.39, 0.29) is 0 Å². The largest absolute Gasteiger partial charge is 0.268 e. The summed E-state index contributed by atoms with van der Waals surface area (Å²) < 4.78 is 1.98. The van der Waals surface area contributed by atoms with Crippen LogP contribution in [0.15, 0.2) is 55.4 Å². The number of aromatic nitrogens is 2. The first kappa shape index (κ1) is 10.7. The molecule has 0 aliphatic rings. The molecule has 1 aromatic carbocycles. The first-order valence-corrected chi connectivity index (χ1v) is 5.54. The topological polar surface area (TPSA) is 17.8 Å². The minimum absolute atomic E-state index is 0.842. The predicted molar refractivity (Wildman–Crippen MR) is 66.3 cm³/mol. The molecular formula is C14H16N2. The van der Waals surface area contributed by atoms with Gasteiger partial charge in [0.2, 0.25) is 0 Å². The van der Waals surface area contributed by atoms with E-state index in [4.69, 9.17) is 0 Å². The fourth-order valence-electron chi connectivity index (χ4n) is 1.66. The van der Waals surface area contributed by atoms with Gasteiger partial charge in [-0.3, -0.25) is 4.68 Å². The van der Waals surface area contributed by atoms with Crippen molar-refractivity contribution in [1.29, 1.82) is 0 Å². The molecule has 16 heavy (non-hydrogen) atoms. The maximum atomic E-state index is 4.35. The number of rotatable bonds is 5. The molecule has 0 bridgehead atoms. The summed E-state index contributed by atoms with van der Waals surface area (Å²) in [6.07, 6.45) is 8.02. The summed E-state index contributed by atoms with van der Waals surface area (Å²) in [6.45, 7) is 4.57. The summed E-state index contributed by atoms with van der Waals surface area (Å²) in [5.41, 5.74) is 2.55. The third-order valence-corrected chi connectivity index (χ3v) is 2.51. The molecule has 0 saturated heterocycles. The highest BCUT2D eigenvalue weighted by atomic mass is 15.3. The molecule has 1 heterocycles. The van der Waals surface area contributed by atoms with Crippen molar-refractivity contribution in [3.8, 4) is 0 Å². The minimum atomic E-state index is 0.842. The number of nitrogens with zero attached hydrogens (tertiary/aromatic N) is 2. The molecule has 0 saturated carbocycles. The molecule has 2 aromatic rings. The number of allylic oxidation sites excluding steroid dienone is 1. The minimum Gasteiger partial charge on any atom is -0.268 e. The lowest BCUT2D eigenvalue weighted by Crippen LogP contribution is -1.99. The van der Waals surface area contributed by atoms with E-state index < -0.39 is 0 Å². The second-order valence-electron chi connectivity index (χ2n) is 3.86. The Labute approximate surface area is 96.2 Å². The molecule has 82 valence electrons. The summed E-state index contributed by atoms with van der Waals surface area (Å²) in [5, 5.41) is 4.35. The average molecular weight is 212 g/mol. The Morgan fingerprint density at radius 2 is 2.00 bits per heavy atom. The van der Waals surface area contributed by atoms with Crippen molar-refractivity contribution in [2.24, 2.45) is 0 Å². The lowest BCUT2D eigenvalue weighted by atomic mass is 10.2. The van der Waals surface area contributed by atoms with Crippen molar-refractivity contribution in [3.05, 3.63) is 66.5 Å². The van der Waals surface area contributed by atoms with Crippen LogP contribution in [-0.2, 0) is 13.0 Å². The molecule has 2 heteroatoms. The molecule has 0 fully saturated rings. The molecular weight excluding hydrogens is 196 g/mol. The average Bonchev–Trinajstić information content (AvgIpc) is 2.75. The van der Waals surface area contributed by atoms with Crippen LogP contribution in [0.4, 0.5) is 0 Å². The molecule has 0 unspecified atom stereocenters. The van der Waals surface area contributed by atoms with Crippen LogP contribution in [0.3, 0.4) is 0 Å². The van der Waals surface area contributed by atoms with Crippen LogP contribution in [0.1, 0.15) is 17.5 Å². The monoisotopic (exact) mass is 212 g/mol. The zero-order chi connectivity index (χ0) is 11.2. The normalized spacial score (nSPS) is 10.2. The third-order valence-electron chi connectivity index (χ3n) is 2.51. The van der Waals surface area contributed by atoms with Gasteiger partial charge in [0, 0.05) is 6.20 Å². The SMILES string of the molecule is C=CCCc1cnn(Cc2ccccc2)c1. The van der Waals surface area contributed by atoms with Crippen molar-refractivity contribution < 1.29 is 0 Å². The predicted octanol–water partition coefficient (Wildman–Crippen LogP) is 3.05. The summed E-state index contributed by atoms with van der Waals surface area (Å²) in [6, 6.07) is 10.4. The van der Waals surface area contributed by atoms with Gasteiger partial charge >= 0.3 is 0 Å². The summed E-state index contributed by atoms with van der Waals surface area (Å²) in [5.74, 6) is 0. The lowest BCUT2D eigenvalue weighted by molar-refractivity contribution is 0.686. The molecule has 0 spiro atoms. The Morgan fingerprint density at radius 3 is 2.75 bits per heavy atom. The Hall–Kier alpha value is -1.83. The lowest BCUT2D eigenvalue weighted by Gasteiger charge is -2.00. The standard InChI is InChI=1S/C14H16N2/c1-2-3-7-14-10-15-16(12-14)11-13-8-5-4-6-9-13/h2,4-6,8-10,12H,1,3,7,11H2. The molecule has 2 rings (SSSR count). The van der Waals surface area contributed by atoms with E-state index in [0.29, 0.717) is 0 Å². The maximum Gasteiger partial charge on any atom is 0.0659 e. The van der Waals surface area contributed by atoms with E-state index in [1.54, 1.807) is 0 Å². The third kappa shape index (κ3) is 2.83. The fourth-order valence-corrected chi connectivity index (χ4v) is 1.66. The maximum absolute atomic E-state index is 4.35. The Morgan fingerprint density at radius 1 is 1.19 bits per heavy atom. The van der Waals surface area contributed by atoms with Crippen LogP contribution in [0.5, 0.6) is 0 Å². The van der Waals surface area contributed by atoms with Crippen LogP contribution < -0.4 is 0 Å². The smallest absolute Gasteiger partial charge is 0.0659 e. The second-order valence-corrected chi connectivity index (χ2v) is 3.86. The van der Waals surface area contributed by atoms with E-state index in [9.17, 15) is 0 Å². The van der Waals surface area contributed by atoms with E-state index in [1.807, 2.05) is 23.0 Å². The van der Waals surface area contributed by atoms with Gasteiger partial charge in [-0.25, -0.2) is 0 Å². The van der Waals surface area contributed by atoms with Gasteiger partial charge in [0.1, 0.15) is 0 Å². The van der Waals surface area contributed by atoms with Crippen LogP contribution in [0, 0.1) is 0 Å². The van der Waals surface area contributed by atoms with Gasteiger partial charge in [0.15, 0.2) is 0 Å². The Bertz CT molecular complexity index is 443. The highest BCUT2D eigenvalue weighted by Crippen LogP contribution is 2.05. The number of hydrogen-bond donors (Lipinski definition) is 0. The molecule has 0 atom stereocenters. The molecule has 0 radical (unpaired) electrons. The summed E-state index contributed by atoms with van der Waals surface area (Å²) >= 11 is 0. The molecule has 0 N–H and O–H groups in total. The Balaban J connectivity index is 2.00. The number of benzene rings is 1. The van der Waals surface area contributed by atoms with E-state index in [1.165, 1.54) is 11.1 Å². The first-order valence-electron chi connectivity index (χ1n) is 5.54. The molecule has 2 nitrogen and oxygen atoms in total. The quantitative estimate of drug-likeness (QED) is 0.696. The Kier molecular flexibility index (Phi) is 3.54. The van der Waals surface area contributed by atoms with Crippen molar-refractivity contribution in [1.82, 2.24) is 9.78 Å². The van der Waals surface area contributed by atoms with E-state index >= 15 is 0 Å². The highest BCUT2D eigenvalue weighted by molar-refractivity contribution is 5.15. The van der Waals surface area contributed by atoms with Gasteiger partial charge < -0.3 is 0 Å². The van der Waals surface area contributed by atoms with Gasteiger partial charge in [-0.05, 0) is 24.0 Å². The van der Waals surface area contributed by atoms with Crippen molar-refractivity contribution in [2.45, 2.75) is 19.4 Å². The van der Waals surface area contributed by atoms with Gasteiger partial charge in [-0.15, -0.1) is 6.58 Å². The number of aryl methyl sites for hydroxylation is 1. The highest BCUT2D eigenvalue weighted by Gasteiger charge is 1.98. The van der Waals surface area contributed by atoms with Gasteiger partial charge in [-0.1, -0.05) is 36.4 Å². The second kappa shape index (κ2) is 5.31. The van der Waals surface area contributed by atoms with E-state index in [0.717, 1.165) is 19.4 Å². The molecule has 0 aliphatic heterocycles. The summed E-state index contributed by atoms with van der Waals surface area (Å²) in [7, 11) is 0. The van der Waals surface area contributed by atoms with Gasteiger partial charge in [-0.2, -0.15) is 5.10 Å². The van der Waals surface area contributed by atoms with Crippen molar-refractivity contribution in [3.63, 3.8) is 0 Å². The fraction of sp³-hybridized carbons (Fsp3) is 0.214. The van der Waals surface area contributed by atoms with Crippen LogP contribution in [0.25, 0.3) is 0 Å². The van der Waals surface area contributed by atoms with Crippen LogP contribution in [0.2, 0.25) is 0 Å². The van der Waals surface area contributed by atoms with E-state index in [2.05, 4.69) is 42.1 Å². The first-order chi connectivity index (χ1) is 7.88. The van der Waals surface area contributed by atoms with Gasteiger partial charge in [0.25, 0.3) is 0 Å². The van der Waals surface area contributed by atoms with Crippen molar-refractivity contribution >= 4 is 0 Å². The molecule has 0 aliphatic carbocycles. The number of hydrogen-bond acceptors (Lipinski definition) is 1. The van der Waals surface area contributed by atoms with Crippen molar-refractivity contribution in [2.75, 3.05) is 0 Å². The molecule has 1 aromatic heterocycles. The van der Waals surface area contributed by atoms with Gasteiger partial charge in [0.05, 0.1) is 12.7 Å². The molecule has 0 amide bonds. The zero-order valence-electron chi connectivity index (χ0n) is 9.34. The summed E-state index contributed by atoms with van der Waals surface area (Å²) in [4.78, 5) is 0.